The molecule has 642 valence electrons. The number of methoxy groups -OCH3 is 1. The van der Waals surface area contributed by atoms with Gasteiger partial charge in [-0.3, -0.25) is 24.2 Å². The third-order valence-corrected chi connectivity index (χ3v) is 25.3. The highest BCUT2D eigenvalue weighted by atomic mass is 16.5. The number of likely N-dealkylation sites (tertiary alicyclic amines) is 3. The average molecular weight is 1660 g/mol. The van der Waals surface area contributed by atoms with Crippen molar-refractivity contribution in [2.75, 3.05) is 194 Å². The van der Waals surface area contributed by atoms with E-state index in [-0.39, 0.29) is 59.4 Å². The molecule has 0 spiro atoms. The number of hydrogen-bond acceptors (Lipinski definition) is 25. The lowest BCUT2D eigenvalue weighted by Crippen LogP contribution is -2.49. The Morgan fingerprint density at radius 2 is 0.803 bits per heavy atom. The van der Waals surface area contributed by atoms with Crippen LogP contribution in [0.3, 0.4) is 0 Å². The molecule has 0 aliphatic carbocycles. The summed E-state index contributed by atoms with van der Waals surface area (Å²) in [5.74, 6) is 4.13. The van der Waals surface area contributed by atoms with Crippen molar-refractivity contribution >= 4 is 84.6 Å². The Morgan fingerprint density at radius 1 is 0.434 bits per heavy atom. The molecule has 0 bridgehead atoms. The minimum Gasteiger partial charge on any atom is -0.508 e. The highest BCUT2D eigenvalue weighted by Gasteiger charge is 2.36. The van der Waals surface area contributed by atoms with E-state index >= 15 is 0 Å². The van der Waals surface area contributed by atoms with E-state index in [1.165, 1.54) is 24.6 Å². The molecule has 0 saturated carbocycles. The fraction of sp³-hybridized carbons (Fsp3) is 0.457. The van der Waals surface area contributed by atoms with Crippen molar-refractivity contribution in [3.63, 3.8) is 0 Å². The predicted molar refractivity (Wildman–Crippen MR) is 478 cm³/mol. The highest BCUT2D eigenvalue weighted by molar-refractivity contribution is 5.98. The van der Waals surface area contributed by atoms with Crippen LogP contribution in [0.5, 0.6) is 35.3 Å². The summed E-state index contributed by atoms with van der Waals surface area (Å²) in [6, 6.07) is 36.6. The van der Waals surface area contributed by atoms with E-state index in [2.05, 4.69) is 110 Å². The molecule has 12 heterocycles. The number of aromatic nitrogens is 6. The van der Waals surface area contributed by atoms with Gasteiger partial charge in [0.15, 0.2) is 0 Å². The molecule has 18 rings (SSSR count). The van der Waals surface area contributed by atoms with Gasteiger partial charge < -0.3 is 83.3 Å². The van der Waals surface area contributed by atoms with Crippen LogP contribution >= 0.6 is 0 Å². The van der Waals surface area contributed by atoms with Crippen LogP contribution in [-0.4, -0.2) is 281 Å². The zero-order valence-electron chi connectivity index (χ0n) is 71.2. The number of anilines is 6. The summed E-state index contributed by atoms with van der Waals surface area (Å²) in [6.07, 6.45) is 11.0. The van der Waals surface area contributed by atoms with Gasteiger partial charge in [-0.1, -0.05) is 99.5 Å². The van der Waals surface area contributed by atoms with E-state index < -0.39 is 0 Å². The smallest absolute Gasteiger partial charge is 0.318 e. The number of ether oxygens (including phenoxy) is 4. The van der Waals surface area contributed by atoms with Crippen molar-refractivity contribution in [1.29, 1.82) is 0 Å². The molecule has 28 nitrogen and oxygen atoms in total. The number of phenolic OH excluding ortho intramolecular Hbond substituents is 3. The van der Waals surface area contributed by atoms with E-state index in [4.69, 9.17) is 48.9 Å². The maximum absolute atomic E-state index is 12.2. The number of hydrogen-bond donors (Lipinski definition) is 3. The number of piperazine rings is 3. The van der Waals surface area contributed by atoms with Crippen LogP contribution in [0.4, 0.5) is 34.5 Å². The standard InChI is InChI=1S/C32H40N6O4.C32H40N6O3.C30H36N6O3/c1-4-30(40)36-13-15-37(16-14-36)31-27-10-12-38(29-18-24(39)17-23-7-5-6-8-26(23)29)21-28(27)33-32(34-31)42-22(2)19-35-11-9-25(20-35)41-3;1-4-30(40)36-13-15-37(16-14-36)31-27-10-12-38(29-18-25(39)17-24-7-5-6-8-26(24)29)21-28(27)33-32(34-31)41-23(3)20-35-11-9-22(2)19-35;1-3-28(38)34-13-15-35(16-14-34)29-25-10-12-36(27-18-22(37)17-21-7-4-5-9-24(21)27)20-26(25)31-30(32-29)39-23-8-6-11-33(2)19-23/h4-8,17-18,22,25,39H,1,9-16,19-21H2,2-3H3;4-8,17-18,22-23,39H,1,9-16,19-21H2,2-3H3;3-5,7,9,17-18,23,37H,1,6,8,10-16,19-20H2,2H3/t22-,25+;22-,23+;23-/m100/s1. The Morgan fingerprint density at radius 3 is 1.16 bits per heavy atom. The molecule has 9 aromatic rings. The predicted octanol–water partition coefficient (Wildman–Crippen LogP) is 10.3. The van der Waals surface area contributed by atoms with Gasteiger partial charge in [0.05, 0.1) is 42.8 Å². The number of rotatable bonds is 20. The molecule has 0 radical (unpaired) electrons. The van der Waals surface area contributed by atoms with Gasteiger partial charge in [0.25, 0.3) is 0 Å². The van der Waals surface area contributed by atoms with Crippen LogP contribution in [0, 0.1) is 5.92 Å². The van der Waals surface area contributed by atoms with Crippen molar-refractivity contribution in [2.24, 2.45) is 5.92 Å². The molecular formula is C94H116N18O10. The van der Waals surface area contributed by atoms with Crippen molar-refractivity contribution in [3.05, 3.63) is 181 Å². The molecule has 6 saturated heterocycles. The summed E-state index contributed by atoms with van der Waals surface area (Å²) in [5, 5.41) is 37.8. The number of amides is 3. The zero-order chi connectivity index (χ0) is 84.7. The Balaban J connectivity index is 0.000000136. The highest BCUT2D eigenvalue weighted by Crippen LogP contribution is 2.42. The van der Waals surface area contributed by atoms with Gasteiger partial charge in [-0.2, -0.15) is 29.9 Å². The van der Waals surface area contributed by atoms with E-state index in [0.29, 0.717) is 116 Å². The number of phenols is 3. The molecule has 9 aliphatic rings. The molecule has 3 N–H and O–H groups in total. The number of aromatic hydroxyl groups is 3. The van der Waals surface area contributed by atoms with Gasteiger partial charge in [-0.05, 0) is 137 Å². The van der Waals surface area contributed by atoms with E-state index in [0.717, 1.165) is 217 Å². The topological polar surface area (TPSA) is 265 Å². The molecule has 3 aromatic heterocycles. The third-order valence-electron chi connectivity index (χ3n) is 25.3. The molecule has 3 amide bonds. The van der Waals surface area contributed by atoms with Crippen molar-refractivity contribution in [3.8, 4) is 35.3 Å². The molecule has 5 atom stereocenters. The number of carbonyl (C=O) groups is 3. The lowest BCUT2D eigenvalue weighted by Gasteiger charge is -2.38. The molecule has 122 heavy (non-hydrogen) atoms. The van der Waals surface area contributed by atoms with Crippen LogP contribution < -0.4 is 43.6 Å². The van der Waals surface area contributed by atoms with Crippen LogP contribution in [-0.2, 0) is 58.0 Å². The SMILES string of the molecule is C=CC(=O)N1CCN(c2nc(O[C@H](C)CN3CC[C@H](C)C3)nc3c2CCN(c2cc(O)cc4ccccc24)C3)CC1.C=CC(=O)N1CCN(c2nc(O[C@H](C)CN3CC[C@H](OC)C3)nc3c2CCN(c2cc(O)cc4ccccc24)C3)CC1.C=CC(=O)N1CCN(c2nc(O[C@H]3CCCN(C)C3)nc3c2CCN(c2cc(O)cc4ccccc24)C3)CC1. The quantitative estimate of drug-likeness (QED) is 0.0599. The molecule has 9 aliphatic heterocycles. The summed E-state index contributed by atoms with van der Waals surface area (Å²) >= 11 is 0. The van der Waals surface area contributed by atoms with Crippen molar-refractivity contribution in [2.45, 2.75) is 110 Å². The van der Waals surface area contributed by atoms with Crippen molar-refractivity contribution < 1.29 is 48.7 Å². The number of piperidine rings is 1. The Bertz CT molecular complexity index is 5300. The fourth-order valence-electron chi connectivity index (χ4n) is 19.0. The molecule has 0 unspecified atom stereocenters. The number of likely N-dealkylation sites (N-methyl/N-ethyl adjacent to an activating group) is 1. The van der Waals surface area contributed by atoms with Crippen LogP contribution in [0.15, 0.2) is 147 Å². The summed E-state index contributed by atoms with van der Waals surface area (Å²) in [6.45, 7) is 37.1. The van der Waals surface area contributed by atoms with Crippen LogP contribution in [0.1, 0.15) is 80.2 Å². The second kappa shape index (κ2) is 37.8. The van der Waals surface area contributed by atoms with Crippen LogP contribution in [0.25, 0.3) is 32.3 Å². The Kier molecular flexibility index (Phi) is 26.0. The Hall–Kier alpha value is -11.6. The first-order valence-corrected chi connectivity index (χ1v) is 43.5. The number of nitrogens with zero attached hydrogens (tertiary/aromatic N) is 18. The fourth-order valence-corrected chi connectivity index (χ4v) is 19.0. The lowest BCUT2D eigenvalue weighted by molar-refractivity contribution is -0.127. The van der Waals surface area contributed by atoms with Crippen molar-refractivity contribution in [1.82, 2.24) is 59.3 Å². The number of carbonyl (C=O) groups excluding carboxylic acids is 3. The van der Waals surface area contributed by atoms with Gasteiger partial charge >= 0.3 is 18.0 Å². The van der Waals surface area contributed by atoms with Gasteiger partial charge in [0.1, 0.15) is 53.0 Å². The average Bonchev–Trinajstić information content (AvgIpc) is 0.803. The largest absolute Gasteiger partial charge is 0.508 e. The van der Waals surface area contributed by atoms with E-state index in [1.54, 1.807) is 19.2 Å². The van der Waals surface area contributed by atoms with Gasteiger partial charge in [0, 0.05) is 213 Å². The maximum atomic E-state index is 12.2. The molecule has 6 aromatic carbocycles. The molecule has 6 fully saturated rings. The van der Waals surface area contributed by atoms with Crippen LogP contribution in [0.2, 0.25) is 0 Å². The summed E-state index contributed by atoms with van der Waals surface area (Å²) in [7, 11) is 3.89. The second-order valence-electron chi connectivity index (χ2n) is 33.9. The van der Waals surface area contributed by atoms with E-state index in [1.807, 2.05) is 93.6 Å². The number of fused-ring (bicyclic) bond motifs is 6. The van der Waals surface area contributed by atoms with Gasteiger partial charge in [-0.25, -0.2) is 0 Å². The minimum absolute atomic E-state index is 0.0289. The summed E-state index contributed by atoms with van der Waals surface area (Å²) in [4.78, 5) is 92.6. The number of benzene rings is 6. The second-order valence-corrected chi connectivity index (χ2v) is 33.9. The van der Waals surface area contributed by atoms with Gasteiger partial charge in [0.2, 0.25) is 17.7 Å². The Labute approximate surface area is 714 Å². The van der Waals surface area contributed by atoms with E-state index in [9.17, 15) is 29.7 Å². The monoisotopic (exact) mass is 1660 g/mol. The third kappa shape index (κ3) is 19.3. The molecular weight excluding hydrogens is 1540 g/mol. The first-order chi connectivity index (χ1) is 59.3. The lowest BCUT2D eigenvalue weighted by atomic mass is 10.0. The normalized spacial score (nSPS) is 20.1. The summed E-state index contributed by atoms with van der Waals surface area (Å²) in [5.41, 5.74) is 9.26. The molecule has 28 heteroatoms. The summed E-state index contributed by atoms with van der Waals surface area (Å²) < 4.78 is 24.7. The van der Waals surface area contributed by atoms with Gasteiger partial charge in [-0.15, -0.1) is 0 Å². The first kappa shape index (κ1) is 84.0. The first-order valence-electron chi connectivity index (χ1n) is 43.5. The minimum atomic E-state index is -0.0942. The zero-order valence-corrected chi connectivity index (χ0v) is 71.2. The maximum Gasteiger partial charge on any atom is 0.318 e.